The van der Waals surface area contributed by atoms with Gasteiger partial charge in [0.25, 0.3) is 0 Å². The Labute approximate surface area is 387 Å². The van der Waals surface area contributed by atoms with Crippen molar-refractivity contribution in [2.75, 3.05) is 4.90 Å². The summed E-state index contributed by atoms with van der Waals surface area (Å²) in [5.74, 6) is 0. The maximum absolute atomic E-state index is 6.89. The first-order valence-corrected chi connectivity index (χ1v) is 23.1. The lowest BCUT2D eigenvalue weighted by Crippen LogP contribution is -2.21. The van der Waals surface area contributed by atoms with Crippen molar-refractivity contribution in [2.24, 2.45) is 0 Å². The lowest BCUT2D eigenvalue weighted by molar-refractivity contribution is 0.660. The van der Waals surface area contributed by atoms with Crippen LogP contribution >= 0.6 is 0 Å². The van der Waals surface area contributed by atoms with E-state index in [0.29, 0.717) is 0 Å². The van der Waals surface area contributed by atoms with Crippen LogP contribution in [0.25, 0.3) is 105 Å². The summed E-state index contributed by atoms with van der Waals surface area (Å²) in [4.78, 5) is 2.51. The van der Waals surface area contributed by atoms with Crippen LogP contribution < -0.4 is 4.90 Å². The minimum atomic E-state index is -0.283. The highest BCUT2D eigenvalue weighted by molar-refractivity contribution is 6.16. The van der Waals surface area contributed by atoms with E-state index in [0.717, 1.165) is 88.9 Å². The first-order chi connectivity index (χ1) is 33.0. The van der Waals surface area contributed by atoms with Crippen LogP contribution in [0.1, 0.15) is 25.0 Å². The van der Waals surface area contributed by atoms with Crippen molar-refractivity contribution >= 4 is 82.7 Å². The molecule has 14 rings (SSSR count). The summed E-state index contributed by atoms with van der Waals surface area (Å²) in [6, 6.07) is 78.9. The van der Waals surface area contributed by atoms with Crippen LogP contribution in [-0.2, 0) is 5.41 Å². The summed E-state index contributed by atoms with van der Waals surface area (Å²) in [5, 5.41) is 6.85. The molecule has 0 fully saturated rings. The van der Waals surface area contributed by atoms with Gasteiger partial charge >= 0.3 is 0 Å². The fourth-order valence-corrected chi connectivity index (χ4v) is 11.5. The van der Waals surface area contributed by atoms with Crippen molar-refractivity contribution in [3.05, 3.63) is 230 Å². The number of hydrogen-bond acceptors (Lipinski definition) is 3. The maximum Gasteiger partial charge on any atom is 0.143 e. The number of nitrogens with zero attached hydrogens (tertiary/aromatic N) is 2. The van der Waals surface area contributed by atoms with Crippen LogP contribution in [0.2, 0.25) is 0 Å². The van der Waals surface area contributed by atoms with Crippen LogP contribution in [0.5, 0.6) is 0 Å². The molecule has 0 saturated carbocycles. The molecular weight excluding hydrogens is 817 g/mol. The molecule has 13 aromatic rings. The first kappa shape index (κ1) is 37.7. The first-order valence-electron chi connectivity index (χ1n) is 23.1. The molecule has 0 saturated heterocycles. The molecule has 67 heavy (non-hydrogen) atoms. The Morgan fingerprint density at radius 1 is 0.403 bits per heavy atom. The molecule has 0 amide bonds. The molecule has 4 nitrogen and oxygen atoms in total. The van der Waals surface area contributed by atoms with Gasteiger partial charge < -0.3 is 18.3 Å². The molecule has 1 aliphatic carbocycles. The van der Waals surface area contributed by atoms with Gasteiger partial charge in [-0.3, -0.25) is 0 Å². The number of hydrogen-bond donors (Lipinski definition) is 0. The SMILES string of the molecule is CC1(C)c2ccccc2-c2cccc(N(c3cc(-c4ccc(-n5c6ccccc6c6ccccc65)cc4)c4oc5ccccc5c4c3)c3ccccc3-c3cccc4oc5ccccc5c34)c21. The summed E-state index contributed by atoms with van der Waals surface area (Å²) in [6.07, 6.45) is 0. The highest BCUT2D eigenvalue weighted by atomic mass is 16.3. The smallest absolute Gasteiger partial charge is 0.143 e. The Kier molecular flexibility index (Phi) is 8.00. The predicted octanol–water partition coefficient (Wildman–Crippen LogP) is 17.7. The summed E-state index contributed by atoms with van der Waals surface area (Å²) in [7, 11) is 0. The monoisotopic (exact) mass is 858 g/mol. The van der Waals surface area contributed by atoms with Gasteiger partial charge in [-0.15, -0.1) is 0 Å². The van der Waals surface area contributed by atoms with Crippen molar-refractivity contribution < 1.29 is 8.83 Å². The van der Waals surface area contributed by atoms with E-state index in [2.05, 4.69) is 236 Å². The van der Waals surface area contributed by atoms with Gasteiger partial charge in [0.15, 0.2) is 0 Å². The van der Waals surface area contributed by atoms with Crippen LogP contribution in [0, 0.1) is 0 Å². The summed E-state index contributed by atoms with van der Waals surface area (Å²) in [5.41, 5.74) is 19.4. The van der Waals surface area contributed by atoms with Gasteiger partial charge in [-0.25, -0.2) is 0 Å². The minimum absolute atomic E-state index is 0.283. The lowest BCUT2D eigenvalue weighted by Gasteiger charge is -2.33. The molecule has 0 unspecified atom stereocenters. The molecular formula is C63H42N2O2. The van der Waals surface area contributed by atoms with E-state index in [4.69, 9.17) is 8.83 Å². The highest BCUT2D eigenvalue weighted by Gasteiger charge is 2.39. The van der Waals surface area contributed by atoms with Crippen molar-refractivity contribution in [1.82, 2.24) is 4.57 Å². The van der Waals surface area contributed by atoms with Gasteiger partial charge in [0, 0.05) is 60.2 Å². The number of benzene rings is 10. The third-order valence-electron chi connectivity index (χ3n) is 14.4. The third kappa shape index (κ3) is 5.47. The van der Waals surface area contributed by atoms with Gasteiger partial charge in [-0.1, -0.05) is 166 Å². The average molecular weight is 859 g/mol. The molecule has 0 spiro atoms. The molecule has 0 N–H and O–H groups in total. The van der Waals surface area contributed by atoms with Crippen LogP contribution in [-0.4, -0.2) is 4.57 Å². The van der Waals surface area contributed by atoms with Gasteiger partial charge in [0.2, 0.25) is 0 Å². The number of aromatic nitrogens is 1. The van der Waals surface area contributed by atoms with Crippen LogP contribution in [0.4, 0.5) is 17.1 Å². The Hall–Kier alpha value is -8.60. The Balaban J connectivity index is 1.04. The topological polar surface area (TPSA) is 34.5 Å². The predicted molar refractivity (Wildman–Crippen MR) is 278 cm³/mol. The second-order valence-electron chi connectivity index (χ2n) is 18.4. The Bertz CT molecular complexity index is 4090. The van der Waals surface area contributed by atoms with E-state index >= 15 is 0 Å². The van der Waals surface area contributed by atoms with E-state index in [1.807, 2.05) is 6.07 Å². The normalized spacial score (nSPS) is 13.0. The summed E-state index contributed by atoms with van der Waals surface area (Å²) in [6.45, 7) is 4.75. The minimum Gasteiger partial charge on any atom is -0.456 e. The second kappa shape index (κ2) is 14.2. The van der Waals surface area contributed by atoms with Crippen LogP contribution in [0.3, 0.4) is 0 Å². The van der Waals surface area contributed by atoms with E-state index in [9.17, 15) is 0 Å². The Morgan fingerprint density at radius 3 is 1.75 bits per heavy atom. The number of furan rings is 2. The quantitative estimate of drug-likeness (QED) is 0.167. The molecule has 0 radical (unpaired) electrons. The molecule has 0 aliphatic heterocycles. The largest absolute Gasteiger partial charge is 0.456 e. The fraction of sp³-hybridized carbons (Fsp3) is 0.0476. The third-order valence-corrected chi connectivity index (χ3v) is 14.4. The average Bonchev–Trinajstić information content (AvgIpc) is 4.11. The Morgan fingerprint density at radius 2 is 0.970 bits per heavy atom. The number of rotatable bonds is 6. The zero-order valence-corrected chi connectivity index (χ0v) is 37.0. The van der Waals surface area contributed by atoms with Crippen molar-refractivity contribution in [2.45, 2.75) is 19.3 Å². The lowest BCUT2D eigenvalue weighted by atomic mass is 9.81. The van der Waals surface area contributed by atoms with E-state index in [1.165, 1.54) is 44.1 Å². The molecule has 10 aromatic carbocycles. The van der Waals surface area contributed by atoms with Crippen molar-refractivity contribution in [3.63, 3.8) is 0 Å². The van der Waals surface area contributed by atoms with Gasteiger partial charge in [0.05, 0.1) is 22.4 Å². The number of fused-ring (bicyclic) bond motifs is 12. The zero-order chi connectivity index (χ0) is 44.4. The molecule has 0 bridgehead atoms. The number of para-hydroxylation sites is 5. The zero-order valence-electron chi connectivity index (χ0n) is 37.0. The van der Waals surface area contributed by atoms with E-state index in [-0.39, 0.29) is 5.41 Å². The fourth-order valence-electron chi connectivity index (χ4n) is 11.5. The molecule has 4 heteroatoms. The summed E-state index contributed by atoms with van der Waals surface area (Å²) < 4.78 is 15.8. The van der Waals surface area contributed by atoms with Gasteiger partial charge in [-0.05, 0) is 100 Å². The maximum atomic E-state index is 6.89. The van der Waals surface area contributed by atoms with E-state index in [1.54, 1.807) is 0 Å². The second-order valence-corrected chi connectivity index (χ2v) is 18.4. The van der Waals surface area contributed by atoms with Crippen molar-refractivity contribution in [3.8, 4) is 39.1 Å². The van der Waals surface area contributed by atoms with Crippen molar-refractivity contribution in [1.29, 1.82) is 0 Å². The molecule has 316 valence electrons. The highest BCUT2D eigenvalue weighted by Crippen LogP contribution is 2.56. The molecule has 1 aliphatic rings. The van der Waals surface area contributed by atoms with Crippen LogP contribution in [0.15, 0.2) is 227 Å². The summed E-state index contributed by atoms with van der Waals surface area (Å²) >= 11 is 0. The number of anilines is 3. The molecule has 0 atom stereocenters. The van der Waals surface area contributed by atoms with Gasteiger partial charge in [0.1, 0.15) is 22.3 Å². The van der Waals surface area contributed by atoms with E-state index < -0.39 is 0 Å². The molecule has 3 heterocycles. The van der Waals surface area contributed by atoms with Gasteiger partial charge in [-0.2, -0.15) is 0 Å². The molecule has 3 aromatic heterocycles. The standard InChI is InChI=1S/C63H42N2O2/c1-63(2)52-25-9-3-17-42(52)48-24-15-29-56(61(48)63)65(55-28-12-6-20-45(55)47-23-16-32-59-60(47)49-22-8-14-31-58(49)66-59)41-37-50(62-51(38-41)46-21-7-13-30-57(46)67-62)39-33-35-40(36-34-39)64-53-26-10-4-18-43(53)44-19-5-11-27-54(44)64/h3-38H,1-2H3.